The molecule has 1 fully saturated rings. The number of hydrogen-bond donors (Lipinski definition) is 1. The smallest absolute Gasteiger partial charge is 0.254 e. The van der Waals surface area contributed by atoms with Crippen molar-refractivity contribution in [1.82, 2.24) is 9.97 Å². The van der Waals surface area contributed by atoms with E-state index in [1.165, 1.54) is 6.07 Å². The van der Waals surface area contributed by atoms with Gasteiger partial charge in [0.25, 0.3) is 5.56 Å². The van der Waals surface area contributed by atoms with Crippen LogP contribution in [-0.4, -0.2) is 28.3 Å². The summed E-state index contributed by atoms with van der Waals surface area (Å²) >= 11 is 0. The molecule has 1 aliphatic rings. The van der Waals surface area contributed by atoms with Crippen LogP contribution in [0.15, 0.2) is 10.9 Å². The fourth-order valence-electron chi connectivity index (χ4n) is 2.32. The minimum atomic E-state index is -0.162. The predicted octanol–water partition coefficient (Wildman–Crippen LogP) is 1.67. The van der Waals surface area contributed by atoms with Gasteiger partial charge in [-0.1, -0.05) is 6.92 Å². The van der Waals surface area contributed by atoms with Gasteiger partial charge in [-0.2, -0.15) is 0 Å². The molecule has 18 heavy (non-hydrogen) atoms. The second-order valence-corrected chi connectivity index (χ2v) is 4.85. The highest BCUT2D eigenvalue weighted by molar-refractivity contribution is 5.09. The molecule has 1 aromatic rings. The molecule has 5 heteroatoms. The summed E-state index contributed by atoms with van der Waals surface area (Å²) in [4.78, 5) is 18.4. The van der Waals surface area contributed by atoms with Gasteiger partial charge >= 0.3 is 0 Å². The van der Waals surface area contributed by atoms with Crippen LogP contribution in [0.5, 0.6) is 5.88 Å². The summed E-state index contributed by atoms with van der Waals surface area (Å²) in [6, 6.07) is 1.41. The molecular formula is C13H20N2O3. The molecule has 2 heterocycles. The third-order valence-corrected chi connectivity index (χ3v) is 3.04. The average Bonchev–Trinajstić information content (AvgIpc) is 2.26. The summed E-state index contributed by atoms with van der Waals surface area (Å²) in [7, 11) is 0. The number of ether oxygens (including phenoxy) is 2. The molecule has 0 saturated carbocycles. The van der Waals surface area contributed by atoms with Crippen LogP contribution in [0.4, 0.5) is 0 Å². The van der Waals surface area contributed by atoms with E-state index in [2.05, 4.69) is 9.97 Å². The lowest BCUT2D eigenvalue weighted by molar-refractivity contribution is -0.0730. The normalized spacial score (nSPS) is 28.1. The molecule has 100 valence electrons. The lowest BCUT2D eigenvalue weighted by atomic mass is 10.0. The summed E-state index contributed by atoms with van der Waals surface area (Å²) in [6.07, 6.45) is 2.80. The molecule has 1 saturated heterocycles. The van der Waals surface area contributed by atoms with E-state index in [0.717, 1.165) is 12.8 Å². The molecule has 2 atom stereocenters. The van der Waals surface area contributed by atoms with Gasteiger partial charge in [-0.3, -0.25) is 4.79 Å². The first-order valence-electron chi connectivity index (χ1n) is 6.49. The number of aromatic nitrogens is 2. The van der Waals surface area contributed by atoms with E-state index in [0.29, 0.717) is 18.1 Å². The second kappa shape index (κ2) is 5.52. The van der Waals surface area contributed by atoms with E-state index in [9.17, 15) is 4.79 Å². The first kappa shape index (κ1) is 13.1. The van der Waals surface area contributed by atoms with Crippen LogP contribution >= 0.6 is 0 Å². The Morgan fingerprint density at radius 1 is 1.44 bits per heavy atom. The molecule has 0 spiro atoms. The zero-order valence-electron chi connectivity index (χ0n) is 11.1. The first-order valence-corrected chi connectivity index (χ1v) is 6.49. The van der Waals surface area contributed by atoms with Gasteiger partial charge in [0.1, 0.15) is 11.9 Å². The molecule has 2 rings (SSSR count). The van der Waals surface area contributed by atoms with Crippen LogP contribution in [0.2, 0.25) is 0 Å². The summed E-state index contributed by atoms with van der Waals surface area (Å²) in [5.74, 6) is 1.08. The largest absolute Gasteiger partial charge is 0.474 e. The van der Waals surface area contributed by atoms with Gasteiger partial charge in [0.2, 0.25) is 5.88 Å². The van der Waals surface area contributed by atoms with Crippen LogP contribution in [0, 0.1) is 0 Å². The molecule has 0 bridgehead atoms. The van der Waals surface area contributed by atoms with Crippen molar-refractivity contribution in [2.75, 3.05) is 0 Å². The Hall–Kier alpha value is -1.36. The Kier molecular flexibility index (Phi) is 4.01. The highest BCUT2D eigenvalue weighted by Crippen LogP contribution is 2.22. The molecule has 0 aliphatic carbocycles. The van der Waals surface area contributed by atoms with Gasteiger partial charge in [-0.25, -0.2) is 4.98 Å². The molecular weight excluding hydrogens is 232 g/mol. The molecule has 0 amide bonds. The average molecular weight is 252 g/mol. The Labute approximate surface area is 107 Å². The summed E-state index contributed by atoms with van der Waals surface area (Å²) < 4.78 is 11.5. The number of rotatable bonds is 3. The van der Waals surface area contributed by atoms with Crippen molar-refractivity contribution in [3.05, 3.63) is 22.2 Å². The van der Waals surface area contributed by atoms with E-state index in [4.69, 9.17) is 9.47 Å². The highest BCUT2D eigenvalue weighted by Gasteiger charge is 2.26. The SMILES string of the molecule is CCc1nc(OC2CC(C)OC(C)C2)cc(=O)[nH]1. The van der Waals surface area contributed by atoms with Gasteiger partial charge in [0.15, 0.2) is 0 Å². The van der Waals surface area contributed by atoms with Gasteiger partial charge < -0.3 is 14.5 Å². The fraction of sp³-hybridized carbons (Fsp3) is 0.692. The van der Waals surface area contributed by atoms with Crippen LogP contribution in [0.1, 0.15) is 39.4 Å². The summed E-state index contributed by atoms with van der Waals surface area (Å²) in [5, 5.41) is 0. The lowest BCUT2D eigenvalue weighted by Crippen LogP contribution is -2.36. The Bertz CT molecular complexity index is 448. The van der Waals surface area contributed by atoms with Crippen molar-refractivity contribution in [2.45, 2.75) is 58.3 Å². The van der Waals surface area contributed by atoms with Crippen molar-refractivity contribution >= 4 is 0 Å². The zero-order valence-corrected chi connectivity index (χ0v) is 11.1. The fourth-order valence-corrected chi connectivity index (χ4v) is 2.32. The number of aryl methyl sites for hydroxylation is 1. The van der Waals surface area contributed by atoms with Crippen LogP contribution in [-0.2, 0) is 11.2 Å². The van der Waals surface area contributed by atoms with E-state index < -0.39 is 0 Å². The monoisotopic (exact) mass is 252 g/mol. The molecule has 1 aliphatic heterocycles. The topological polar surface area (TPSA) is 64.2 Å². The van der Waals surface area contributed by atoms with Crippen LogP contribution in [0.3, 0.4) is 0 Å². The molecule has 1 aromatic heterocycles. The third-order valence-electron chi connectivity index (χ3n) is 3.04. The van der Waals surface area contributed by atoms with Crippen LogP contribution in [0.25, 0.3) is 0 Å². The van der Waals surface area contributed by atoms with E-state index in [-0.39, 0.29) is 23.9 Å². The molecule has 0 radical (unpaired) electrons. The summed E-state index contributed by atoms with van der Waals surface area (Å²) in [5.41, 5.74) is -0.162. The van der Waals surface area contributed by atoms with E-state index in [1.807, 2.05) is 20.8 Å². The highest BCUT2D eigenvalue weighted by atomic mass is 16.5. The van der Waals surface area contributed by atoms with Crippen molar-refractivity contribution in [3.63, 3.8) is 0 Å². The Morgan fingerprint density at radius 2 is 2.11 bits per heavy atom. The number of nitrogens with zero attached hydrogens (tertiary/aromatic N) is 1. The number of H-pyrrole nitrogens is 1. The minimum Gasteiger partial charge on any atom is -0.474 e. The van der Waals surface area contributed by atoms with Crippen molar-refractivity contribution in [1.29, 1.82) is 0 Å². The van der Waals surface area contributed by atoms with Gasteiger partial charge in [-0.15, -0.1) is 0 Å². The minimum absolute atomic E-state index is 0.0720. The van der Waals surface area contributed by atoms with E-state index >= 15 is 0 Å². The van der Waals surface area contributed by atoms with Crippen LogP contribution < -0.4 is 10.3 Å². The zero-order chi connectivity index (χ0) is 13.1. The van der Waals surface area contributed by atoms with Gasteiger partial charge in [0.05, 0.1) is 18.3 Å². The Balaban J connectivity index is 2.08. The van der Waals surface area contributed by atoms with Gasteiger partial charge in [0, 0.05) is 19.3 Å². The predicted molar refractivity (Wildman–Crippen MR) is 67.9 cm³/mol. The molecule has 0 aromatic carbocycles. The van der Waals surface area contributed by atoms with Gasteiger partial charge in [-0.05, 0) is 13.8 Å². The number of aromatic amines is 1. The maximum Gasteiger partial charge on any atom is 0.254 e. The standard InChI is InChI=1S/C13H20N2O3/c1-4-11-14-12(16)7-13(15-11)18-10-5-8(2)17-9(3)6-10/h7-10H,4-6H2,1-3H3,(H,14,15,16). The number of nitrogens with one attached hydrogen (secondary N) is 1. The lowest BCUT2D eigenvalue weighted by Gasteiger charge is -2.31. The second-order valence-electron chi connectivity index (χ2n) is 4.85. The maximum absolute atomic E-state index is 11.4. The van der Waals surface area contributed by atoms with Crippen molar-refractivity contribution in [2.24, 2.45) is 0 Å². The van der Waals surface area contributed by atoms with E-state index in [1.54, 1.807) is 0 Å². The third kappa shape index (κ3) is 3.32. The summed E-state index contributed by atoms with van der Waals surface area (Å²) in [6.45, 7) is 6.02. The molecule has 2 unspecified atom stereocenters. The van der Waals surface area contributed by atoms with Crippen molar-refractivity contribution in [3.8, 4) is 5.88 Å². The first-order chi connectivity index (χ1) is 8.56. The maximum atomic E-state index is 11.4. The molecule has 1 N–H and O–H groups in total. The quantitative estimate of drug-likeness (QED) is 0.888. The Morgan fingerprint density at radius 3 is 2.72 bits per heavy atom. The molecule has 5 nitrogen and oxygen atoms in total. The van der Waals surface area contributed by atoms with Crippen molar-refractivity contribution < 1.29 is 9.47 Å². The number of hydrogen-bond acceptors (Lipinski definition) is 4.